The zero-order valence-corrected chi connectivity index (χ0v) is 25.9. The summed E-state index contributed by atoms with van der Waals surface area (Å²) in [6, 6.07) is 44.6. The van der Waals surface area contributed by atoms with Crippen molar-refractivity contribution in [2.75, 3.05) is 0 Å². The van der Waals surface area contributed by atoms with E-state index in [1.165, 1.54) is 0 Å². The molecule has 0 aliphatic heterocycles. The number of nitrogens with one attached hydrogen (secondary N) is 1. The number of hydrogen-bond acceptors (Lipinski definition) is 7. The first-order valence-electron chi connectivity index (χ1n) is 15.2. The van der Waals surface area contributed by atoms with E-state index in [-0.39, 0.29) is 0 Å². The molecule has 0 bridgehead atoms. The first-order valence-corrected chi connectivity index (χ1v) is 15.6. The summed E-state index contributed by atoms with van der Waals surface area (Å²) in [6.45, 7) is 0. The van der Waals surface area contributed by atoms with Crippen molar-refractivity contribution in [1.82, 2.24) is 19.9 Å². The SMILES string of the molecule is N=C1C(=NS)C=Cc2c(-c3ccc(-c4ccc(-c5nc(-c6ccccc6)nc(-c6ccccc6)n5)cc4)cc3)nc3ccccc3c21. The molecule has 0 fully saturated rings. The second kappa shape index (κ2) is 12.0. The molecule has 0 radical (unpaired) electrons. The molecule has 0 saturated heterocycles. The number of hydrogen-bond donors (Lipinski definition) is 2. The third-order valence-electron chi connectivity index (χ3n) is 8.29. The Morgan fingerprint density at radius 1 is 0.468 bits per heavy atom. The summed E-state index contributed by atoms with van der Waals surface area (Å²) < 4.78 is 4.01. The molecule has 0 unspecified atom stereocenters. The Balaban J connectivity index is 1.14. The molecule has 1 aliphatic carbocycles. The van der Waals surface area contributed by atoms with Gasteiger partial charge in [0.15, 0.2) is 17.5 Å². The van der Waals surface area contributed by atoms with Gasteiger partial charge in [0.1, 0.15) is 0 Å². The fourth-order valence-electron chi connectivity index (χ4n) is 5.91. The van der Waals surface area contributed by atoms with Gasteiger partial charge in [-0.05, 0) is 42.2 Å². The molecule has 0 saturated carbocycles. The zero-order chi connectivity index (χ0) is 31.7. The van der Waals surface area contributed by atoms with Crippen molar-refractivity contribution >= 4 is 41.2 Å². The van der Waals surface area contributed by atoms with Crippen LogP contribution in [0.2, 0.25) is 0 Å². The summed E-state index contributed by atoms with van der Waals surface area (Å²) >= 11 is 4.09. The summed E-state index contributed by atoms with van der Waals surface area (Å²) in [5, 5.41) is 9.76. The monoisotopic (exact) mass is 622 g/mol. The van der Waals surface area contributed by atoms with Gasteiger partial charge in [0.25, 0.3) is 0 Å². The van der Waals surface area contributed by atoms with E-state index < -0.39 is 0 Å². The van der Waals surface area contributed by atoms with Gasteiger partial charge < -0.3 is 0 Å². The van der Waals surface area contributed by atoms with Crippen LogP contribution in [0.1, 0.15) is 11.1 Å². The van der Waals surface area contributed by atoms with Gasteiger partial charge in [-0.25, -0.2) is 24.3 Å². The van der Waals surface area contributed by atoms with E-state index in [9.17, 15) is 0 Å². The molecule has 1 N–H and O–H groups in total. The van der Waals surface area contributed by atoms with E-state index in [4.69, 9.17) is 25.3 Å². The fraction of sp³-hybridized carbons (Fsp3) is 0. The highest BCUT2D eigenvalue weighted by molar-refractivity contribution is 7.79. The quantitative estimate of drug-likeness (QED) is 0.187. The van der Waals surface area contributed by atoms with Crippen LogP contribution in [0.4, 0.5) is 0 Å². The second-order valence-electron chi connectivity index (χ2n) is 11.2. The molecule has 0 atom stereocenters. The number of fused-ring (bicyclic) bond motifs is 3. The second-order valence-corrected chi connectivity index (χ2v) is 11.4. The van der Waals surface area contributed by atoms with Gasteiger partial charge >= 0.3 is 0 Å². The normalized spacial score (nSPS) is 13.2. The Kier molecular flexibility index (Phi) is 7.28. The van der Waals surface area contributed by atoms with Gasteiger partial charge in [-0.3, -0.25) is 5.41 Å². The summed E-state index contributed by atoms with van der Waals surface area (Å²) in [4.78, 5) is 19.5. The van der Waals surface area contributed by atoms with Gasteiger partial charge in [0.2, 0.25) is 0 Å². The van der Waals surface area contributed by atoms with Crippen molar-refractivity contribution in [3.05, 3.63) is 151 Å². The Labute approximate surface area is 277 Å². The number of rotatable bonds is 5. The van der Waals surface area contributed by atoms with Crippen LogP contribution in [0.15, 0.2) is 144 Å². The third kappa shape index (κ3) is 5.32. The topological polar surface area (TPSA) is 87.8 Å². The molecule has 7 heteroatoms. The molecule has 2 aromatic heterocycles. The minimum Gasteiger partial charge on any atom is -0.298 e. The van der Waals surface area contributed by atoms with Crippen molar-refractivity contribution in [2.24, 2.45) is 4.40 Å². The molecule has 47 heavy (non-hydrogen) atoms. The molecule has 1 aliphatic rings. The average Bonchev–Trinajstić information content (AvgIpc) is 3.15. The van der Waals surface area contributed by atoms with Crippen molar-refractivity contribution in [3.8, 4) is 56.5 Å². The predicted octanol–water partition coefficient (Wildman–Crippen LogP) is 9.44. The Morgan fingerprint density at radius 2 is 0.936 bits per heavy atom. The standard InChI is InChI=1S/C40H26N6S/c41-36-34(46-47)24-23-32-35(36)31-13-7-8-14-33(31)42-37(32)27-19-15-25(16-20-27)26-17-21-30(22-18-26)40-44-38(28-9-3-1-4-10-28)43-39(45-40)29-11-5-2-6-12-29/h1-24,41,47H. The van der Waals surface area contributed by atoms with Crippen LogP contribution in [0.5, 0.6) is 0 Å². The van der Waals surface area contributed by atoms with Crippen LogP contribution in [-0.2, 0) is 0 Å². The van der Waals surface area contributed by atoms with E-state index in [2.05, 4.69) is 65.7 Å². The maximum atomic E-state index is 8.83. The maximum absolute atomic E-state index is 8.83. The number of benzene rings is 5. The number of pyridine rings is 1. The first-order chi connectivity index (χ1) is 23.2. The van der Waals surface area contributed by atoms with Crippen LogP contribution in [0.3, 0.4) is 0 Å². The van der Waals surface area contributed by atoms with Crippen molar-refractivity contribution in [2.45, 2.75) is 0 Å². The number of thiol groups is 1. The number of para-hydroxylation sites is 1. The summed E-state index contributed by atoms with van der Waals surface area (Å²) in [7, 11) is 0. The van der Waals surface area contributed by atoms with Gasteiger partial charge in [0, 0.05) is 38.8 Å². The maximum Gasteiger partial charge on any atom is 0.164 e. The lowest BCUT2D eigenvalue weighted by molar-refractivity contribution is 1.07. The van der Waals surface area contributed by atoms with E-state index in [1.54, 1.807) is 0 Å². The number of nitrogens with zero attached hydrogens (tertiary/aromatic N) is 5. The zero-order valence-electron chi connectivity index (χ0n) is 25.0. The number of aromatic nitrogens is 4. The third-order valence-corrected chi connectivity index (χ3v) is 8.50. The van der Waals surface area contributed by atoms with E-state index >= 15 is 0 Å². The van der Waals surface area contributed by atoms with E-state index in [0.717, 1.165) is 61.1 Å². The minimum absolute atomic E-state index is 0.346. The van der Waals surface area contributed by atoms with Gasteiger partial charge in [-0.2, -0.15) is 0 Å². The molecule has 8 rings (SSSR count). The van der Waals surface area contributed by atoms with Crippen LogP contribution in [-0.4, -0.2) is 31.4 Å². The average molecular weight is 623 g/mol. The largest absolute Gasteiger partial charge is 0.298 e. The first kappa shape index (κ1) is 28.4. The van der Waals surface area contributed by atoms with Crippen molar-refractivity contribution in [1.29, 1.82) is 5.41 Å². The fourth-order valence-corrected chi connectivity index (χ4v) is 6.07. The van der Waals surface area contributed by atoms with Gasteiger partial charge in [0.05, 0.1) is 22.6 Å². The van der Waals surface area contributed by atoms with Crippen molar-refractivity contribution in [3.63, 3.8) is 0 Å². The minimum atomic E-state index is 0.346. The van der Waals surface area contributed by atoms with Gasteiger partial charge in [-0.1, -0.05) is 127 Å². The Morgan fingerprint density at radius 3 is 1.49 bits per heavy atom. The Bertz CT molecular complexity index is 2290. The molecule has 0 spiro atoms. The van der Waals surface area contributed by atoms with Crippen LogP contribution < -0.4 is 0 Å². The highest BCUT2D eigenvalue weighted by Gasteiger charge is 2.23. The highest BCUT2D eigenvalue weighted by Crippen LogP contribution is 2.35. The van der Waals surface area contributed by atoms with Crippen LogP contribution in [0, 0.1) is 5.41 Å². The Hall–Kier alpha value is -6.05. The summed E-state index contributed by atoms with van der Waals surface area (Å²) in [5.41, 5.74) is 10.2. The molecule has 6 nitrogen and oxygen atoms in total. The summed E-state index contributed by atoms with van der Waals surface area (Å²) in [5.74, 6) is 1.90. The molecule has 2 heterocycles. The van der Waals surface area contributed by atoms with E-state index in [0.29, 0.717) is 28.9 Å². The van der Waals surface area contributed by atoms with E-state index in [1.807, 2.05) is 97.1 Å². The molecular weight excluding hydrogens is 597 g/mol. The van der Waals surface area contributed by atoms with Gasteiger partial charge in [-0.15, -0.1) is 0 Å². The molecule has 222 valence electrons. The summed E-state index contributed by atoms with van der Waals surface area (Å²) in [6.07, 6.45) is 3.81. The molecule has 7 aromatic rings. The molecular formula is C40H26N6S. The molecule has 5 aromatic carbocycles. The van der Waals surface area contributed by atoms with Crippen LogP contribution in [0.25, 0.3) is 73.5 Å². The molecule has 0 amide bonds. The van der Waals surface area contributed by atoms with Crippen LogP contribution >= 0.6 is 12.8 Å². The lowest BCUT2D eigenvalue weighted by Crippen LogP contribution is -2.18. The number of allylic oxidation sites excluding steroid dienone is 1. The smallest absolute Gasteiger partial charge is 0.164 e. The lowest BCUT2D eigenvalue weighted by atomic mass is 9.88. The van der Waals surface area contributed by atoms with Crippen molar-refractivity contribution < 1.29 is 0 Å². The highest BCUT2D eigenvalue weighted by atomic mass is 32.1. The predicted molar refractivity (Wildman–Crippen MR) is 195 cm³/mol. The lowest BCUT2D eigenvalue weighted by Gasteiger charge is -2.19.